The summed E-state index contributed by atoms with van der Waals surface area (Å²) in [4.78, 5) is 22.2. The van der Waals surface area contributed by atoms with Crippen LogP contribution < -0.4 is 0 Å². The average Bonchev–Trinajstić information content (AvgIpc) is 3.21. The van der Waals surface area contributed by atoms with Crippen molar-refractivity contribution in [1.29, 1.82) is 0 Å². The highest BCUT2D eigenvalue weighted by atomic mass is 16.5. The van der Waals surface area contributed by atoms with Crippen LogP contribution in [0.1, 0.15) is 40.5 Å². The lowest BCUT2D eigenvalue weighted by Crippen LogP contribution is -2.51. The van der Waals surface area contributed by atoms with Gasteiger partial charge >= 0.3 is 0 Å². The Morgan fingerprint density at radius 2 is 1.89 bits per heavy atom. The van der Waals surface area contributed by atoms with Gasteiger partial charge in [0, 0.05) is 19.3 Å². The minimum atomic E-state index is -0.0885. The number of carbonyl (C=O) groups is 1. The van der Waals surface area contributed by atoms with Crippen molar-refractivity contribution in [3.63, 3.8) is 0 Å². The van der Waals surface area contributed by atoms with Crippen LogP contribution in [0.5, 0.6) is 0 Å². The lowest BCUT2D eigenvalue weighted by Gasteiger charge is -2.42. The molecule has 2 atom stereocenters. The number of benzene rings is 1. The molecule has 5 heteroatoms. The van der Waals surface area contributed by atoms with Crippen molar-refractivity contribution in [2.24, 2.45) is 0 Å². The van der Waals surface area contributed by atoms with Gasteiger partial charge in [-0.2, -0.15) is 0 Å². The molecule has 1 aromatic heterocycles. The predicted molar refractivity (Wildman–Crippen MR) is 105 cm³/mol. The van der Waals surface area contributed by atoms with Gasteiger partial charge in [-0.15, -0.1) is 0 Å². The second kappa shape index (κ2) is 8.19. The number of carbonyl (C=O) groups excluding carboxylic acids is 1. The zero-order chi connectivity index (χ0) is 18.6. The number of pyridine rings is 1. The van der Waals surface area contributed by atoms with E-state index >= 15 is 0 Å². The van der Waals surface area contributed by atoms with E-state index in [0.29, 0.717) is 18.8 Å². The van der Waals surface area contributed by atoms with Crippen molar-refractivity contribution >= 4 is 5.91 Å². The van der Waals surface area contributed by atoms with E-state index in [1.807, 2.05) is 42.2 Å². The van der Waals surface area contributed by atoms with Gasteiger partial charge < -0.3 is 14.5 Å². The van der Waals surface area contributed by atoms with Gasteiger partial charge in [-0.3, -0.25) is 9.78 Å². The SMILES string of the molecule is Cc1cccnc1C(=O)N1CCO[C@@H](CN2CCCC2)[C@@H]1c1ccccc1. The topological polar surface area (TPSA) is 45.7 Å². The molecular weight excluding hydrogens is 338 g/mol. The second-order valence-corrected chi connectivity index (χ2v) is 7.44. The Bertz CT molecular complexity index is 774. The number of ether oxygens (including phenoxy) is 1. The first kappa shape index (κ1) is 18.1. The molecule has 5 nitrogen and oxygen atoms in total. The van der Waals surface area contributed by atoms with Crippen LogP contribution in [0.3, 0.4) is 0 Å². The van der Waals surface area contributed by atoms with Gasteiger partial charge in [-0.1, -0.05) is 36.4 Å². The molecule has 2 aromatic rings. The van der Waals surface area contributed by atoms with Gasteiger partial charge in [0.15, 0.2) is 0 Å². The van der Waals surface area contributed by atoms with Crippen molar-refractivity contribution in [2.45, 2.75) is 31.9 Å². The van der Waals surface area contributed by atoms with Crippen LogP contribution in [0.2, 0.25) is 0 Å². The van der Waals surface area contributed by atoms with E-state index in [4.69, 9.17) is 4.74 Å². The maximum absolute atomic E-state index is 13.4. The number of morpholine rings is 1. The van der Waals surface area contributed by atoms with Crippen molar-refractivity contribution in [1.82, 2.24) is 14.8 Å². The van der Waals surface area contributed by atoms with Crippen molar-refractivity contribution in [2.75, 3.05) is 32.8 Å². The number of hydrogen-bond donors (Lipinski definition) is 0. The van der Waals surface area contributed by atoms with Crippen LogP contribution in [0.4, 0.5) is 0 Å². The fourth-order valence-corrected chi connectivity index (χ4v) is 4.22. The monoisotopic (exact) mass is 365 g/mol. The largest absolute Gasteiger partial charge is 0.373 e. The number of amides is 1. The Kier molecular flexibility index (Phi) is 5.50. The van der Waals surface area contributed by atoms with E-state index in [9.17, 15) is 4.79 Å². The zero-order valence-corrected chi connectivity index (χ0v) is 15.9. The first-order valence-electron chi connectivity index (χ1n) is 9.85. The van der Waals surface area contributed by atoms with E-state index in [2.05, 4.69) is 22.0 Å². The molecule has 0 bridgehead atoms. The molecule has 142 valence electrons. The number of hydrogen-bond acceptors (Lipinski definition) is 4. The fraction of sp³-hybridized carbons (Fsp3) is 0.455. The van der Waals surface area contributed by atoms with Gasteiger partial charge in [0.1, 0.15) is 5.69 Å². The maximum atomic E-state index is 13.4. The molecule has 1 aromatic carbocycles. The van der Waals surface area contributed by atoms with E-state index in [-0.39, 0.29) is 18.1 Å². The highest BCUT2D eigenvalue weighted by molar-refractivity contribution is 5.94. The average molecular weight is 365 g/mol. The highest BCUT2D eigenvalue weighted by Crippen LogP contribution is 2.32. The number of nitrogens with zero attached hydrogens (tertiary/aromatic N) is 3. The van der Waals surface area contributed by atoms with Gasteiger partial charge in [0.2, 0.25) is 0 Å². The fourth-order valence-electron chi connectivity index (χ4n) is 4.22. The van der Waals surface area contributed by atoms with E-state index in [1.165, 1.54) is 12.8 Å². The van der Waals surface area contributed by atoms with Gasteiger partial charge in [0.05, 0.1) is 18.8 Å². The normalized spacial score (nSPS) is 23.5. The molecular formula is C22H27N3O2. The van der Waals surface area contributed by atoms with Crippen LogP contribution >= 0.6 is 0 Å². The number of rotatable bonds is 4. The second-order valence-electron chi connectivity index (χ2n) is 7.44. The Morgan fingerprint density at radius 3 is 2.63 bits per heavy atom. The lowest BCUT2D eigenvalue weighted by molar-refractivity contribution is -0.0708. The third-order valence-electron chi connectivity index (χ3n) is 5.60. The maximum Gasteiger partial charge on any atom is 0.273 e. The Labute approximate surface area is 161 Å². The first-order valence-corrected chi connectivity index (χ1v) is 9.85. The van der Waals surface area contributed by atoms with Crippen molar-refractivity contribution < 1.29 is 9.53 Å². The molecule has 1 amide bonds. The minimum absolute atomic E-state index is 0.00308. The van der Waals surface area contributed by atoms with Crippen molar-refractivity contribution in [3.8, 4) is 0 Å². The Balaban J connectivity index is 1.65. The number of likely N-dealkylation sites (tertiary alicyclic amines) is 1. The summed E-state index contributed by atoms with van der Waals surface area (Å²) in [6, 6.07) is 14.0. The summed E-state index contributed by atoms with van der Waals surface area (Å²) in [5, 5.41) is 0. The summed E-state index contributed by atoms with van der Waals surface area (Å²) in [5.74, 6) is -0.00308. The van der Waals surface area contributed by atoms with E-state index in [0.717, 1.165) is 30.8 Å². The smallest absolute Gasteiger partial charge is 0.273 e. The molecule has 4 rings (SSSR count). The number of aryl methyl sites for hydroxylation is 1. The highest BCUT2D eigenvalue weighted by Gasteiger charge is 2.38. The molecule has 27 heavy (non-hydrogen) atoms. The quantitative estimate of drug-likeness (QED) is 0.835. The van der Waals surface area contributed by atoms with Crippen LogP contribution in [-0.2, 0) is 4.74 Å². The predicted octanol–water partition coefficient (Wildman–Crippen LogP) is 3.07. The molecule has 2 aliphatic heterocycles. The Morgan fingerprint density at radius 1 is 1.11 bits per heavy atom. The van der Waals surface area contributed by atoms with Gasteiger partial charge in [0.25, 0.3) is 5.91 Å². The van der Waals surface area contributed by atoms with Crippen LogP contribution in [0.15, 0.2) is 48.7 Å². The standard InChI is InChI=1S/C22H27N3O2/c1-17-8-7-11-23-20(17)22(26)25-14-15-27-19(16-24-12-5-6-13-24)21(25)18-9-3-2-4-10-18/h2-4,7-11,19,21H,5-6,12-16H2,1H3/t19-,21-/m0/s1. The molecule has 0 N–H and O–H groups in total. The summed E-state index contributed by atoms with van der Waals surface area (Å²) >= 11 is 0. The van der Waals surface area contributed by atoms with Crippen LogP contribution in [-0.4, -0.2) is 59.6 Å². The summed E-state index contributed by atoms with van der Waals surface area (Å²) in [5.41, 5.74) is 2.58. The third-order valence-corrected chi connectivity index (χ3v) is 5.60. The summed E-state index contributed by atoms with van der Waals surface area (Å²) in [6.07, 6.45) is 4.17. The van der Waals surface area contributed by atoms with Gasteiger partial charge in [-0.25, -0.2) is 0 Å². The molecule has 0 aliphatic carbocycles. The molecule has 3 heterocycles. The van der Waals surface area contributed by atoms with Gasteiger partial charge in [-0.05, 0) is 50.0 Å². The minimum Gasteiger partial charge on any atom is -0.373 e. The summed E-state index contributed by atoms with van der Waals surface area (Å²) in [6.45, 7) is 6.21. The number of aromatic nitrogens is 1. The molecule has 0 radical (unpaired) electrons. The van der Waals surface area contributed by atoms with Crippen molar-refractivity contribution in [3.05, 3.63) is 65.5 Å². The molecule has 0 spiro atoms. The zero-order valence-electron chi connectivity index (χ0n) is 15.9. The third kappa shape index (κ3) is 3.89. The summed E-state index contributed by atoms with van der Waals surface area (Å²) < 4.78 is 6.20. The van der Waals surface area contributed by atoms with E-state index in [1.54, 1.807) is 6.20 Å². The molecule has 0 saturated carbocycles. The molecule has 0 unspecified atom stereocenters. The van der Waals surface area contributed by atoms with E-state index < -0.39 is 0 Å². The molecule has 2 fully saturated rings. The summed E-state index contributed by atoms with van der Waals surface area (Å²) in [7, 11) is 0. The molecule has 2 saturated heterocycles. The Hall–Kier alpha value is -2.24. The lowest BCUT2D eigenvalue weighted by atomic mass is 9.96. The molecule has 2 aliphatic rings. The first-order chi connectivity index (χ1) is 13.2. The van der Waals surface area contributed by atoms with Crippen LogP contribution in [0.25, 0.3) is 0 Å². The van der Waals surface area contributed by atoms with Crippen LogP contribution in [0, 0.1) is 6.92 Å².